The van der Waals surface area contributed by atoms with Crippen molar-refractivity contribution in [1.82, 2.24) is 4.57 Å². The molecular weight excluding hydrogens is 669 g/mol. The molecule has 0 radical (unpaired) electrons. The molecule has 0 spiro atoms. The van der Waals surface area contributed by atoms with E-state index in [1.807, 2.05) is 6.07 Å². The van der Waals surface area contributed by atoms with Crippen molar-refractivity contribution >= 4 is 71.6 Å². The summed E-state index contributed by atoms with van der Waals surface area (Å²) in [4.78, 5) is 2.32. The van der Waals surface area contributed by atoms with E-state index in [0.717, 1.165) is 55.8 Å². The van der Waals surface area contributed by atoms with E-state index >= 15 is 0 Å². The van der Waals surface area contributed by atoms with Gasteiger partial charge in [0.25, 0.3) is 0 Å². The van der Waals surface area contributed by atoms with Crippen LogP contribution in [0.4, 0.5) is 17.1 Å². The van der Waals surface area contributed by atoms with Gasteiger partial charge in [0, 0.05) is 49.9 Å². The first-order valence-electron chi connectivity index (χ1n) is 18.8. The van der Waals surface area contributed by atoms with Crippen molar-refractivity contribution in [3.63, 3.8) is 0 Å². The molecule has 0 amide bonds. The first-order valence-corrected chi connectivity index (χ1v) is 18.8. The lowest BCUT2D eigenvalue weighted by Gasteiger charge is -2.26. The van der Waals surface area contributed by atoms with E-state index in [4.69, 9.17) is 4.42 Å². The van der Waals surface area contributed by atoms with Crippen LogP contribution in [0.5, 0.6) is 0 Å². The summed E-state index contributed by atoms with van der Waals surface area (Å²) in [6.07, 6.45) is 0. The topological polar surface area (TPSA) is 21.3 Å². The van der Waals surface area contributed by atoms with Crippen LogP contribution in [-0.4, -0.2) is 4.57 Å². The average molecular weight is 703 g/mol. The van der Waals surface area contributed by atoms with Crippen molar-refractivity contribution in [2.75, 3.05) is 4.90 Å². The van der Waals surface area contributed by atoms with E-state index in [0.29, 0.717) is 0 Å². The first-order chi connectivity index (χ1) is 27.3. The SMILES string of the molecule is c1ccc(-c2ccc3c(c2)c2ccccc2n3-c2cc(-c3ccc(N(c4ccccc4)c4ccc5ccccc5c4)cc3)c3oc4ccccc4c3c2)cc1. The lowest BCUT2D eigenvalue weighted by Crippen LogP contribution is -2.09. The molecule has 2 heterocycles. The standard InChI is InChI=1S/C52H34N2O/c1-3-13-35(14-4-1)39-26-30-50-47(32-39)44-19-9-11-21-49(44)54(50)43-33-46(52-48(34-43)45-20-10-12-22-51(45)55-52)37-24-27-41(28-25-37)53(40-17-5-2-6-18-40)42-29-23-36-15-7-8-16-38(36)31-42/h1-34H. The molecule has 11 rings (SSSR count). The van der Waals surface area contributed by atoms with E-state index in [1.165, 1.54) is 43.7 Å². The van der Waals surface area contributed by atoms with Crippen LogP contribution in [-0.2, 0) is 0 Å². The molecule has 0 atom stereocenters. The zero-order chi connectivity index (χ0) is 36.3. The Bertz CT molecular complexity index is 3190. The van der Waals surface area contributed by atoms with Gasteiger partial charge in [0.15, 0.2) is 0 Å². The van der Waals surface area contributed by atoms with Crippen molar-refractivity contribution in [3.8, 4) is 27.9 Å². The minimum absolute atomic E-state index is 0.883. The zero-order valence-electron chi connectivity index (χ0n) is 29.9. The molecule has 11 aromatic rings. The summed E-state index contributed by atoms with van der Waals surface area (Å²) in [6.45, 7) is 0. The average Bonchev–Trinajstić information content (AvgIpc) is 3.80. The van der Waals surface area contributed by atoms with E-state index in [9.17, 15) is 0 Å². The molecule has 9 aromatic carbocycles. The number of para-hydroxylation sites is 3. The van der Waals surface area contributed by atoms with Gasteiger partial charge in [0.05, 0.1) is 11.0 Å². The molecule has 0 unspecified atom stereocenters. The number of hydrogen-bond donors (Lipinski definition) is 0. The summed E-state index contributed by atoms with van der Waals surface area (Å²) >= 11 is 0. The van der Waals surface area contributed by atoms with Crippen molar-refractivity contribution < 1.29 is 4.42 Å². The quantitative estimate of drug-likeness (QED) is 0.172. The fourth-order valence-corrected chi connectivity index (χ4v) is 8.35. The van der Waals surface area contributed by atoms with Gasteiger partial charge in [-0.05, 0) is 100 Å². The Balaban J connectivity index is 1.10. The van der Waals surface area contributed by atoms with Crippen molar-refractivity contribution in [2.24, 2.45) is 0 Å². The number of anilines is 3. The minimum Gasteiger partial charge on any atom is -0.455 e. The summed E-state index contributed by atoms with van der Waals surface area (Å²) in [5.41, 5.74) is 13.1. The summed E-state index contributed by atoms with van der Waals surface area (Å²) in [6, 6.07) is 73.9. The van der Waals surface area contributed by atoms with Crippen LogP contribution in [0.1, 0.15) is 0 Å². The second-order valence-electron chi connectivity index (χ2n) is 14.2. The fraction of sp³-hybridized carbons (Fsp3) is 0. The van der Waals surface area contributed by atoms with Gasteiger partial charge in [0.2, 0.25) is 0 Å². The normalized spacial score (nSPS) is 11.6. The number of rotatable bonds is 6. The van der Waals surface area contributed by atoms with Crippen LogP contribution >= 0.6 is 0 Å². The van der Waals surface area contributed by atoms with Gasteiger partial charge in [-0.3, -0.25) is 0 Å². The van der Waals surface area contributed by atoms with Gasteiger partial charge in [-0.25, -0.2) is 0 Å². The maximum Gasteiger partial charge on any atom is 0.143 e. The maximum atomic E-state index is 6.69. The zero-order valence-corrected chi connectivity index (χ0v) is 29.9. The Hall–Kier alpha value is -7.36. The van der Waals surface area contributed by atoms with Gasteiger partial charge in [-0.1, -0.05) is 133 Å². The third kappa shape index (κ3) is 5.20. The number of benzene rings is 9. The molecule has 258 valence electrons. The smallest absolute Gasteiger partial charge is 0.143 e. The predicted octanol–water partition coefficient (Wildman–Crippen LogP) is 14.6. The Morgan fingerprint density at radius 2 is 1.00 bits per heavy atom. The Morgan fingerprint density at radius 3 is 1.84 bits per heavy atom. The maximum absolute atomic E-state index is 6.69. The van der Waals surface area contributed by atoms with Gasteiger partial charge < -0.3 is 13.9 Å². The van der Waals surface area contributed by atoms with E-state index in [-0.39, 0.29) is 0 Å². The molecule has 3 nitrogen and oxygen atoms in total. The van der Waals surface area contributed by atoms with E-state index in [1.54, 1.807) is 0 Å². The third-order valence-corrected chi connectivity index (χ3v) is 10.9. The molecule has 2 aromatic heterocycles. The van der Waals surface area contributed by atoms with Crippen LogP contribution in [0.3, 0.4) is 0 Å². The number of fused-ring (bicyclic) bond motifs is 7. The predicted molar refractivity (Wildman–Crippen MR) is 231 cm³/mol. The van der Waals surface area contributed by atoms with Crippen molar-refractivity contribution in [1.29, 1.82) is 0 Å². The highest BCUT2D eigenvalue weighted by Gasteiger charge is 2.20. The highest BCUT2D eigenvalue weighted by atomic mass is 16.3. The molecule has 0 bridgehead atoms. The molecule has 0 saturated carbocycles. The molecule has 0 aliphatic heterocycles. The van der Waals surface area contributed by atoms with E-state index < -0.39 is 0 Å². The summed E-state index contributed by atoms with van der Waals surface area (Å²) < 4.78 is 9.10. The molecule has 55 heavy (non-hydrogen) atoms. The third-order valence-electron chi connectivity index (χ3n) is 10.9. The highest BCUT2D eigenvalue weighted by molar-refractivity contribution is 6.13. The molecule has 0 fully saturated rings. The summed E-state index contributed by atoms with van der Waals surface area (Å²) in [5.74, 6) is 0. The van der Waals surface area contributed by atoms with Gasteiger partial charge in [-0.15, -0.1) is 0 Å². The molecule has 0 aliphatic rings. The summed E-state index contributed by atoms with van der Waals surface area (Å²) in [7, 11) is 0. The molecule has 3 heteroatoms. The Labute approximate surface area is 318 Å². The fourth-order valence-electron chi connectivity index (χ4n) is 8.35. The summed E-state index contributed by atoms with van der Waals surface area (Å²) in [5, 5.41) is 7.10. The number of hydrogen-bond acceptors (Lipinski definition) is 2. The molecule has 0 aliphatic carbocycles. The lowest BCUT2D eigenvalue weighted by atomic mass is 10.00. The van der Waals surface area contributed by atoms with Crippen molar-refractivity contribution in [2.45, 2.75) is 0 Å². The van der Waals surface area contributed by atoms with Crippen LogP contribution in [0.2, 0.25) is 0 Å². The van der Waals surface area contributed by atoms with Crippen LogP contribution < -0.4 is 4.90 Å². The lowest BCUT2D eigenvalue weighted by molar-refractivity contribution is 0.670. The van der Waals surface area contributed by atoms with Gasteiger partial charge >= 0.3 is 0 Å². The molecular formula is C52H34N2O. The minimum atomic E-state index is 0.883. The Morgan fingerprint density at radius 1 is 0.364 bits per heavy atom. The number of furan rings is 1. The van der Waals surface area contributed by atoms with Crippen molar-refractivity contribution in [3.05, 3.63) is 206 Å². The second kappa shape index (κ2) is 12.6. The molecule has 0 N–H and O–H groups in total. The van der Waals surface area contributed by atoms with Crippen LogP contribution in [0.15, 0.2) is 211 Å². The van der Waals surface area contributed by atoms with Crippen LogP contribution in [0, 0.1) is 0 Å². The first kappa shape index (κ1) is 31.2. The van der Waals surface area contributed by atoms with Crippen LogP contribution in [0.25, 0.3) is 82.5 Å². The Kier molecular flexibility index (Phi) is 7.17. The monoisotopic (exact) mass is 702 g/mol. The van der Waals surface area contributed by atoms with Gasteiger partial charge in [0.1, 0.15) is 11.2 Å². The number of nitrogens with zero attached hydrogens (tertiary/aromatic N) is 2. The molecule has 0 saturated heterocycles. The highest BCUT2D eigenvalue weighted by Crippen LogP contribution is 2.43. The largest absolute Gasteiger partial charge is 0.455 e. The van der Waals surface area contributed by atoms with E-state index in [2.05, 4.69) is 210 Å². The number of aromatic nitrogens is 1. The van der Waals surface area contributed by atoms with Gasteiger partial charge in [-0.2, -0.15) is 0 Å². The second-order valence-corrected chi connectivity index (χ2v) is 14.2.